The molecule has 1 aliphatic rings. The van der Waals surface area contributed by atoms with E-state index in [0.717, 1.165) is 25.9 Å². The molecule has 20 heavy (non-hydrogen) atoms. The summed E-state index contributed by atoms with van der Waals surface area (Å²) in [7, 11) is 3.25. The normalized spacial score (nSPS) is 19.6. The monoisotopic (exact) mass is 319 g/mol. The predicted octanol–water partition coefficient (Wildman–Crippen LogP) is 1.89. The summed E-state index contributed by atoms with van der Waals surface area (Å²) in [5, 5.41) is 3.26. The van der Waals surface area contributed by atoms with E-state index in [0.29, 0.717) is 17.1 Å². The van der Waals surface area contributed by atoms with E-state index < -0.39 is 9.05 Å². The second-order valence-electron chi connectivity index (χ2n) is 4.75. The van der Waals surface area contributed by atoms with Crippen LogP contribution in [0.4, 0.5) is 0 Å². The molecule has 1 heterocycles. The molecule has 0 aromatic heterocycles. The van der Waals surface area contributed by atoms with E-state index in [9.17, 15) is 8.42 Å². The Labute approximate surface area is 123 Å². The summed E-state index contributed by atoms with van der Waals surface area (Å²) in [5.74, 6) is 0.919. The van der Waals surface area contributed by atoms with Crippen LogP contribution in [0.15, 0.2) is 18.2 Å². The number of piperidine rings is 1. The third-order valence-corrected chi connectivity index (χ3v) is 4.12. The van der Waals surface area contributed by atoms with E-state index in [4.69, 9.17) is 20.2 Å². The van der Waals surface area contributed by atoms with Gasteiger partial charge in [-0.2, -0.15) is 0 Å². The fourth-order valence-electron chi connectivity index (χ4n) is 2.20. The number of halogens is 1. The molecule has 112 valence electrons. The highest BCUT2D eigenvalue weighted by Gasteiger charge is 2.18. The van der Waals surface area contributed by atoms with Crippen LogP contribution in [-0.4, -0.2) is 34.7 Å². The molecule has 7 heteroatoms. The molecule has 1 aliphatic heterocycles. The number of ether oxygens (including phenoxy) is 2. The predicted molar refractivity (Wildman–Crippen MR) is 78.0 cm³/mol. The van der Waals surface area contributed by atoms with Gasteiger partial charge in [0.15, 0.2) is 11.5 Å². The molecule has 0 spiro atoms. The number of rotatable bonds is 5. The largest absolute Gasteiger partial charge is 0.493 e. The lowest BCUT2D eigenvalue weighted by molar-refractivity contribution is 0.161. The Balaban J connectivity index is 2.17. The zero-order valence-electron chi connectivity index (χ0n) is 11.3. The molecule has 2 rings (SSSR count). The molecule has 1 fully saturated rings. The SMILES string of the molecule is COc1ccc(CS(=O)(=O)Cl)cc1OC1CCCNC1. The second-order valence-corrected chi connectivity index (χ2v) is 7.53. The van der Waals surface area contributed by atoms with Gasteiger partial charge in [0.2, 0.25) is 9.05 Å². The minimum Gasteiger partial charge on any atom is -0.493 e. The molecule has 5 nitrogen and oxygen atoms in total. The van der Waals surface area contributed by atoms with Crippen LogP contribution in [0.25, 0.3) is 0 Å². The van der Waals surface area contributed by atoms with Crippen molar-refractivity contribution in [1.29, 1.82) is 0 Å². The van der Waals surface area contributed by atoms with Crippen LogP contribution in [0.1, 0.15) is 18.4 Å². The summed E-state index contributed by atoms with van der Waals surface area (Å²) in [4.78, 5) is 0. The minimum absolute atomic E-state index is 0.0699. The standard InChI is InChI=1S/C13H18ClNO4S/c1-18-12-5-4-10(9-20(14,16)17)7-13(12)19-11-3-2-6-15-8-11/h4-5,7,11,15H,2-3,6,8-9H2,1H3. The number of methoxy groups -OCH3 is 1. The summed E-state index contributed by atoms with van der Waals surface area (Å²) in [6.45, 7) is 1.78. The summed E-state index contributed by atoms with van der Waals surface area (Å²) >= 11 is 0. The highest BCUT2D eigenvalue weighted by atomic mass is 35.7. The number of hydrogen-bond donors (Lipinski definition) is 1. The molecular formula is C13H18ClNO4S. The van der Waals surface area contributed by atoms with Crippen LogP contribution in [-0.2, 0) is 14.8 Å². The van der Waals surface area contributed by atoms with Crippen LogP contribution < -0.4 is 14.8 Å². The maximum Gasteiger partial charge on any atom is 0.236 e. The molecular weight excluding hydrogens is 302 g/mol. The Morgan fingerprint density at radius 2 is 2.20 bits per heavy atom. The van der Waals surface area contributed by atoms with Crippen LogP contribution in [0.2, 0.25) is 0 Å². The molecule has 1 saturated heterocycles. The van der Waals surface area contributed by atoms with Crippen molar-refractivity contribution < 1.29 is 17.9 Å². The van der Waals surface area contributed by atoms with Crippen LogP contribution in [0.3, 0.4) is 0 Å². The van der Waals surface area contributed by atoms with Gasteiger partial charge in [0.25, 0.3) is 0 Å². The average Bonchev–Trinajstić information content (AvgIpc) is 2.38. The summed E-state index contributed by atoms with van der Waals surface area (Å²) in [6.07, 6.45) is 2.09. The maximum atomic E-state index is 11.1. The third kappa shape index (κ3) is 4.54. The lowest BCUT2D eigenvalue weighted by Crippen LogP contribution is -2.37. The van der Waals surface area contributed by atoms with Gasteiger partial charge in [-0.25, -0.2) is 8.42 Å². The van der Waals surface area contributed by atoms with Crippen LogP contribution >= 0.6 is 10.7 Å². The zero-order valence-corrected chi connectivity index (χ0v) is 12.8. The molecule has 1 N–H and O–H groups in total. The molecule has 0 radical (unpaired) electrons. The summed E-state index contributed by atoms with van der Waals surface area (Å²) in [6, 6.07) is 5.04. The Hall–Kier alpha value is -0.980. The minimum atomic E-state index is -3.58. The van der Waals surface area contributed by atoms with Gasteiger partial charge < -0.3 is 14.8 Å². The van der Waals surface area contributed by atoms with Crippen molar-refractivity contribution in [3.8, 4) is 11.5 Å². The van der Waals surface area contributed by atoms with Gasteiger partial charge in [-0.3, -0.25) is 0 Å². The fraction of sp³-hybridized carbons (Fsp3) is 0.538. The van der Waals surface area contributed by atoms with Crippen molar-refractivity contribution in [1.82, 2.24) is 5.32 Å². The molecule has 1 aromatic carbocycles. The Kier molecular flexibility index (Phi) is 5.12. The van der Waals surface area contributed by atoms with Crippen molar-refractivity contribution in [2.45, 2.75) is 24.7 Å². The number of hydrogen-bond acceptors (Lipinski definition) is 5. The number of benzene rings is 1. The molecule has 1 unspecified atom stereocenters. The van der Waals surface area contributed by atoms with Crippen LogP contribution in [0.5, 0.6) is 11.5 Å². The molecule has 0 amide bonds. The fourth-order valence-corrected chi connectivity index (χ4v) is 3.16. The van der Waals surface area contributed by atoms with E-state index in [1.807, 2.05) is 0 Å². The van der Waals surface area contributed by atoms with Gasteiger partial charge in [-0.1, -0.05) is 6.07 Å². The third-order valence-electron chi connectivity index (χ3n) is 3.11. The van der Waals surface area contributed by atoms with Crippen molar-refractivity contribution in [2.75, 3.05) is 20.2 Å². The quantitative estimate of drug-likeness (QED) is 0.840. The van der Waals surface area contributed by atoms with E-state index in [1.54, 1.807) is 25.3 Å². The molecule has 0 bridgehead atoms. The smallest absolute Gasteiger partial charge is 0.236 e. The van der Waals surface area contributed by atoms with Crippen molar-refractivity contribution in [3.05, 3.63) is 23.8 Å². The average molecular weight is 320 g/mol. The highest BCUT2D eigenvalue weighted by molar-refractivity contribution is 8.13. The van der Waals surface area contributed by atoms with E-state index in [1.165, 1.54) is 0 Å². The lowest BCUT2D eigenvalue weighted by Gasteiger charge is -2.25. The highest BCUT2D eigenvalue weighted by Crippen LogP contribution is 2.30. The van der Waals surface area contributed by atoms with Gasteiger partial charge in [-0.05, 0) is 37.1 Å². The first-order valence-electron chi connectivity index (χ1n) is 6.44. The van der Waals surface area contributed by atoms with E-state index in [2.05, 4.69) is 5.32 Å². The first-order chi connectivity index (χ1) is 9.48. The van der Waals surface area contributed by atoms with Gasteiger partial charge in [-0.15, -0.1) is 0 Å². The molecule has 0 saturated carbocycles. The van der Waals surface area contributed by atoms with Crippen molar-refractivity contribution >= 4 is 19.7 Å². The summed E-state index contributed by atoms with van der Waals surface area (Å²) in [5.41, 5.74) is 0.583. The topological polar surface area (TPSA) is 64.6 Å². The maximum absolute atomic E-state index is 11.1. The molecule has 1 aromatic rings. The Morgan fingerprint density at radius 1 is 1.40 bits per heavy atom. The first kappa shape index (κ1) is 15.4. The Bertz CT molecular complexity index is 555. The van der Waals surface area contributed by atoms with Gasteiger partial charge in [0.05, 0.1) is 12.9 Å². The van der Waals surface area contributed by atoms with Gasteiger partial charge >= 0.3 is 0 Å². The van der Waals surface area contributed by atoms with E-state index >= 15 is 0 Å². The Morgan fingerprint density at radius 3 is 2.80 bits per heavy atom. The van der Waals surface area contributed by atoms with Crippen molar-refractivity contribution in [3.63, 3.8) is 0 Å². The zero-order chi connectivity index (χ0) is 14.6. The molecule has 0 aliphatic carbocycles. The first-order valence-corrected chi connectivity index (χ1v) is 8.92. The van der Waals surface area contributed by atoms with E-state index in [-0.39, 0.29) is 11.9 Å². The van der Waals surface area contributed by atoms with Crippen LogP contribution in [0, 0.1) is 0 Å². The summed E-state index contributed by atoms with van der Waals surface area (Å²) < 4.78 is 33.4. The van der Waals surface area contributed by atoms with Gasteiger partial charge in [0.1, 0.15) is 6.10 Å². The second kappa shape index (κ2) is 6.65. The number of nitrogens with one attached hydrogen (secondary N) is 1. The van der Waals surface area contributed by atoms with Gasteiger partial charge in [0, 0.05) is 17.2 Å². The molecule has 1 atom stereocenters. The van der Waals surface area contributed by atoms with Crippen molar-refractivity contribution in [2.24, 2.45) is 0 Å². The lowest BCUT2D eigenvalue weighted by atomic mass is 10.1.